The number of nitrogens with zero attached hydrogens (tertiary/aromatic N) is 1. The first-order chi connectivity index (χ1) is 9.63. The Morgan fingerprint density at radius 3 is 2.40 bits per heavy atom. The van der Waals surface area contributed by atoms with Crippen LogP contribution >= 0.6 is 0 Å². The van der Waals surface area contributed by atoms with Crippen molar-refractivity contribution < 1.29 is 14.3 Å². The normalized spacial score (nSPS) is 16.9. The zero-order valence-corrected chi connectivity index (χ0v) is 12.5. The first kappa shape index (κ1) is 14.9. The summed E-state index contributed by atoms with van der Waals surface area (Å²) >= 11 is 0. The largest absolute Gasteiger partial charge is 0.493 e. The molecule has 0 amide bonds. The lowest BCUT2D eigenvalue weighted by atomic mass is 9.93. The third-order valence-corrected chi connectivity index (χ3v) is 4.02. The van der Waals surface area contributed by atoms with E-state index in [-0.39, 0.29) is 5.92 Å². The molecule has 0 bridgehead atoms. The highest BCUT2D eigenvalue weighted by Crippen LogP contribution is 2.28. The fourth-order valence-electron chi connectivity index (χ4n) is 2.73. The molecule has 4 heteroatoms. The van der Waals surface area contributed by atoms with E-state index >= 15 is 0 Å². The van der Waals surface area contributed by atoms with Crippen LogP contribution in [-0.4, -0.2) is 38.0 Å². The van der Waals surface area contributed by atoms with Gasteiger partial charge in [-0.1, -0.05) is 6.07 Å². The minimum atomic E-state index is 0.261. The standard InChI is InChI=1S/C16H23NO3/c1-12(18)14-6-8-17(9-7-14)11-13-4-5-15(19-2)16(10-13)20-3/h4-5,10,14H,6-9,11H2,1-3H3. The molecule has 1 aromatic rings. The molecule has 0 aliphatic carbocycles. The van der Waals surface area contributed by atoms with Crippen LogP contribution in [0.5, 0.6) is 11.5 Å². The van der Waals surface area contributed by atoms with E-state index in [1.807, 2.05) is 12.1 Å². The van der Waals surface area contributed by atoms with E-state index in [1.54, 1.807) is 21.1 Å². The van der Waals surface area contributed by atoms with Gasteiger partial charge in [-0.05, 0) is 50.6 Å². The van der Waals surface area contributed by atoms with E-state index < -0.39 is 0 Å². The fraction of sp³-hybridized carbons (Fsp3) is 0.562. The monoisotopic (exact) mass is 277 g/mol. The van der Waals surface area contributed by atoms with Crippen LogP contribution in [0.4, 0.5) is 0 Å². The number of likely N-dealkylation sites (tertiary alicyclic amines) is 1. The minimum absolute atomic E-state index is 0.261. The maximum atomic E-state index is 11.4. The predicted octanol–water partition coefficient (Wildman–Crippen LogP) is 2.50. The molecule has 20 heavy (non-hydrogen) atoms. The van der Waals surface area contributed by atoms with Crippen molar-refractivity contribution >= 4 is 5.78 Å². The van der Waals surface area contributed by atoms with Crippen molar-refractivity contribution in [1.29, 1.82) is 0 Å². The second-order valence-electron chi connectivity index (χ2n) is 5.35. The van der Waals surface area contributed by atoms with E-state index in [0.717, 1.165) is 44.0 Å². The van der Waals surface area contributed by atoms with Crippen LogP contribution in [0.2, 0.25) is 0 Å². The number of benzene rings is 1. The van der Waals surface area contributed by atoms with E-state index in [1.165, 1.54) is 5.56 Å². The molecule has 0 radical (unpaired) electrons. The number of ketones is 1. The first-order valence-corrected chi connectivity index (χ1v) is 7.07. The number of rotatable bonds is 5. The van der Waals surface area contributed by atoms with Gasteiger partial charge >= 0.3 is 0 Å². The SMILES string of the molecule is COc1ccc(CN2CCC(C(C)=O)CC2)cc1OC. The topological polar surface area (TPSA) is 38.8 Å². The fourth-order valence-corrected chi connectivity index (χ4v) is 2.73. The van der Waals surface area contributed by atoms with Gasteiger partial charge < -0.3 is 9.47 Å². The highest BCUT2D eigenvalue weighted by molar-refractivity contribution is 5.78. The number of hydrogen-bond donors (Lipinski definition) is 0. The smallest absolute Gasteiger partial charge is 0.161 e. The highest BCUT2D eigenvalue weighted by atomic mass is 16.5. The Hall–Kier alpha value is -1.55. The predicted molar refractivity (Wildman–Crippen MR) is 78.2 cm³/mol. The van der Waals surface area contributed by atoms with Gasteiger partial charge in [-0.15, -0.1) is 0 Å². The van der Waals surface area contributed by atoms with E-state index in [4.69, 9.17) is 9.47 Å². The van der Waals surface area contributed by atoms with E-state index in [0.29, 0.717) is 5.78 Å². The summed E-state index contributed by atoms with van der Waals surface area (Å²) in [5.41, 5.74) is 1.21. The van der Waals surface area contributed by atoms with Crippen molar-refractivity contribution in [1.82, 2.24) is 4.90 Å². The molecule has 0 saturated carbocycles. The molecular weight excluding hydrogens is 254 g/mol. The second kappa shape index (κ2) is 6.75. The van der Waals surface area contributed by atoms with Gasteiger partial charge in [0.1, 0.15) is 5.78 Å². The molecule has 110 valence electrons. The number of ether oxygens (including phenoxy) is 2. The van der Waals surface area contributed by atoms with Gasteiger partial charge in [0.2, 0.25) is 0 Å². The Balaban J connectivity index is 1.96. The first-order valence-electron chi connectivity index (χ1n) is 7.07. The molecule has 0 spiro atoms. The van der Waals surface area contributed by atoms with Crippen LogP contribution in [0, 0.1) is 5.92 Å². The van der Waals surface area contributed by atoms with Gasteiger partial charge in [0, 0.05) is 12.5 Å². The molecular formula is C16H23NO3. The van der Waals surface area contributed by atoms with Crippen LogP contribution in [0.3, 0.4) is 0 Å². The molecule has 1 aromatic carbocycles. The van der Waals surface area contributed by atoms with Crippen molar-refractivity contribution in [3.63, 3.8) is 0 Å². The minimum Gasteiger partial charge on any atom is -0.493 e. The summed E-state index contributed by atoms with van der Waals surface area (Å²) in [5.74, 6) is 2.11. The number of piperidine rings is 1. The number of methoxy groups -OCH3 is 2. The number of hydrogen-bond acceptors (Lipinski definition) is 4. The summed E-state index contributed by atoms with van der Waals surface area (Å²) < 4.78 is 10.6. The molecule has 1 aliphatic heterocycles. The van der Waals surface area contributed by atoms with Crippen LogP contribution < -0.4 is 9.47 Å². The maximum Gasteiger partial charge on any atom is 0.161 e. The van der Waals surface area contributed by atoms with Crippen LogP contribution in [-0.2, 0) is 11.3 Å². The highest BCUT2D eigenvalue weighted by Gasteiger charge is 2.22. The lowest BCUT2D eigenvalue weighted by Crippen LogP contribution is -2.35. The van der Waals surface area contributed by atoms with E-state index in [9.17, 15) is 4.79 Å². The van der Waals surface area contributed by atoms with E-state index in [2.05, 4.69) is 11.0 Å². The molecule has 0 unspecified atom stereocenters. The molecule has 2 rings (SSSR count). The Morgan fingerprint density at radius 1 is 1.20 bits per heavy atom. The third kappa shape index (κ3) is 3.51. The van der Waals surface area contributed by atoms with Gasteiger partial charge in [-0.2, -0.15) is 0 Å². The van der Waals surface area contributed by atoms with Gasteiger partial charge in [0.25, 0.3) is 0 Å². The molecule has 1 fully saturated rings. The van der Waals surface area contributed by atoms with Crippen LogP contribution in [0.15, 0.2) is 18.2 Å². The van der Waals surface area contributed by atoms with Gasteiger partial charge in [0.05, 0.1) is 14.2 Å². The Labute approximate surface area is 120 Å². The molecule has 1 heterocycles. The molecule has 0 aromatic heterocycles. The number of carbonyl (C=O) groups excluding carboxylic acids is 1. The van der Waals surface area contributed by atoms with Gasteiger partial charge in [-0.3, -0.25) is 9.69 Å². The summed E-state index contributed by atoms with van der Waals surface area (Å²) in [6.07, 6.45) is 1.95. The van der Waals surface area contributed by atoms with Gasteiger partial charge in [0.15, 0.2) is 11.5 Å². The van der Waals surface area contributed by atoms with Crippen molar-refractivity contribution in [2.45, 2.75) is 26.3 Å². The average Bonchev–Trinajstić information content (AvgIpc) is 2.47. The van der Waals surface area contributed by atoms with Crippen molar-refractivity contribution in [3.8, 4) is 11.5 Å². The molecule has 1 aliphatic rings. The average molecular weight is 277 g/mol. The van der Waals surface area contributed by atoms with Crippen molar-refractivity contribution in [2.24, 2.45) is 5.92 Å². The summed E-state index contributed by atoms with van der Waals surface area (Å²) in [7, 11) is 3.30. The summed E-state index contributed by atoms with van der Waals surface area (Å²) in [4.78, 5) is 13.8. The number of carbonyl (C=O) groups is 1. The van der Waals surface area contributed by atoms with Gasteiger partial charge in [-0.25, -0.2) is 0 Å². The molecule has 4 nitrogen and oxygen atoms in total. The quantitative estimate of drug-likeness (QED) is 0.829. The van der Waals surface area contributed by atoms with Crippen molar-refractivity contribution in [2.75, 3.05) is 27.3 Å². The van der Waals surface area contributed by atoms with Crippen molar-refractivity contribution in [3.05, 3.63) is 23.8 Å². The molecule has 1 saturated heterocycles. The second-order valence-corrected chi connectivity index (χ2v) is 5.35. The summed E-state index contributed by atoms with van der Waals surface area (Å²) in [6.45, 7) is 4.57. The van der Waals surface area contributed by atoms with Crippen LogP contribution in [0.25, 0.3) is 0 Å². The third-order valence-electron chi connectivity index (χ3n) is 4.02. The Morgan fingerprint density at radius 2 is 1.85 bits per heavy atom. The summed E-state index contributed by atoms with van der Waals surface area (Å²) in [6, 6.07) is 6.03. The molecule has 0 N–H and O–H groups in total. The van der Waals surface area contributed by atoms with Crippen LogP contribution in [0.1, 0.15) is 25.3 Å². The Kier molecular flexibility index (Phi) is 5.01. The maximum absolute atomic E-state index is 11.4. The summed E-state index contributed by atoms with van der Waals surface area (Å²) in [5, 5.41) is 0. The lowest BCUT2D eigenvalue weighted by molar-refractivity contribution is -0.122. The molecule has 0 atom stereocenters. The Bertz CT molecular complexity index is 465. The zero-order valence-electron chi connectivity index (χ0n) is 12.5. The number of Topliss-reactive ketones (excluding diaryl/α,β-unsaturated/α-hetero) is 1. The zero-order chi connectivity index (χ0) is 14.5. The lowest BCUT2D eigenvalue weighted by Gasteiger charge is -2.30.